The van der Waals surface area contributed by atoms with Crippen molar-refractivity contribution in [2.24, 2.45) is 0 Å². The number of pyridine rings is 1. The van der Waals surface area contributed by atoms with Gasteiger partial charge in [0, 0.05) is 24.0 Å². The number of carbonyl (C=O) groups is 1. The van der Waals surface area contributed by atoms with Gasteiger partial charge in [0.25, 0.3) is 5.88 Å². The van der Waals surface area contributed by atoms with Gasteiger partial charge in [0.2, 0.25) is 0 Å². The Morgan fingerprint density at radius 1 is 1.26 bits per heavy atom. The Morgan fingerprint density at radius 2 is 2.07 bits per heavy atom. The molecule has 1 aliphatic rings. The highest BCUT2D eigenvalue weighted by molar-refractivity contribution is 5.90. The van der Waals surface area contributed by atoms with Crippen LogP contribution in [0.15, 0.2) is 53.5 Å². The summed E-state index contributed by atoms with van der Waals surface area (Å²) in [7, 11) is 0. The molecule has 3 aromatic rings. The van der Waals surface area contributed by atoms with E-state index < -0.39 is 23.8 Å². The number of cyclic esters (lactones) is 1. The minimum atomic E-state index is -0.798. The summed E-state index contributed by atoms with van der Waals surface area (Å²) < 4.78 is 44.2. The molecular formula is C18H13F2N3O4. The van der Waals surface area contributed by atoms with Gasteiger partial charge in [-0.25, -0.2) is 13.6 Å². The number of carbonyl (C=O) groups excluding carboxylic acids is 1. The molecule has 138 valence electrons. The summed E-state index contributed by atoms with van der Waals surface area (Å²) in [5.41, 5.74) is 0.166. The zero-order valence-electron chi connectivity index (χ0n) is 13.8. The minimum Gasteiger partial charge on any atom is -0.471 e. The summed E-state index contributed by atoms with van der Waals surface area (Å²) in [6.07, 6.45) is 2.89. The summed E-state index contributed by atoms with van der Waals surface area (Å²) in [4.78, 5) is 17.1. The molecule has 0 radical (unpaired) electrons. The van der Waals surface area contributed by atoms with Crippen LogP contribution in [0.25, 0.3) is 11.1 Å². The highest BCUT2D eigenvalue weighted by atomic mass is 19.1. The van der Waals surface area contributed by atoms with Crippen LogP contribution in [-0.4, -0.2) is 35.5 Å². The Labute approximate surface area is 152 Å². The molecule has 2 aromatic heterocycles. The monoisotopic (exact) mass is 373 g/mol. The van der Waals surface area contributed by atoms with Crippen molar-refractivity contribution in [3.8, 4) is 17.0 Å². The Kier molecular flexibility index (Phi) is 4.41. The molecule has 0 saturated carbocycles. The van der Waals surface area contributed by atoms with E-state index in [1.54, 1.807) is 12.1 Å². The van der Waals surface area contributed by atoms with E-state index in [-0.39, 0.29) is 30.3 Å². The Hall–Kier alpha value is -3.49. The van der Waals surface area contributed by atoms with Crippen molar-refractivity contribution in [1.29, 1.82) is 0 Å². The third-order valence-corrected chi connectivity index (χ3v) is 3.99. The molecule has 27 heavy (non-hydrogen) atoms. The number of ether oxygens (including phenoxy) is 2. The maximum Gasteiger partial charge on any atom is 0.414 e. The van der Waals surface area contributed by atoms with Crippen LogP contribution in [0.2, 0.25) is 0 Å². The first-order valence-electron chi connectivity index (χ1n) is 8.02. The van der Waals surface area contributed by atoms with E-state index in [0.717, 1.165) is 17.0 Å². The van der Waals surface area contributed by atoms with E-state index in [1.807, 2.05) is 0 Å². The van der Waals surface area contributed by atoms with Crippen LogP contribution < -0.4 is 9.64 Å². The number of nitrogens with zero attached hydrogens (tertiary/aromatic N) is 3. The lowest BCUT2D eigenvalue weighted by molar-refractivity contribution is 0.102. The van der Waals surface area contributed by atoms with E-state index >= 15 is 0 Å². The maximum atomic E-state index is 14.5. The van der Waals surface area contributed by atoms with Crippen LogP contribution in [0, 0.1) is 11.6 Å². The van der Waals surface area contributed by atoms with E-state index in [9.17, 15) is 13.6 Å². The molecule has 0 bridgehead atoms. The van der Waals surface area contributed by atoms with E-state index in [1.165, 1.54) is 24.7 Å². The molecule has 1 aromatic carbocycles. The third kappa shape index (κ3) is 3.43. The predicted octanol–water partition coefficient (Wildman–Crippen LogP) is 3.42. The molecular weight excluding hydrogens is 360 g/mol. The molecule has 1 atom stereocenters. The fourth-order valence-electron chi connectivity index (χ4n) is 2.78. The fourth-order valence-corrected chi connectivity index (χ4v) is 2.78. The third-order valence-electron chi connectivity index (χ3n) is 3.99. The second kappa shape index (κ2) is 7.02. The van der Waals surface area contributed by atoms with Gasteiger partial charge in [0.15, 0.2) is 6.10 Å². The second-order valence-corrected chi connectivity index (χ2v) is 5.79. The quantitative estimate of drug-likeness (QED) is 0.682. The molecule has 0 aliphatic carbocycles. The van der Waals surface area contributed by atoms with Gasteiger partial charge in [0.05, 0.1) is 17.8 Å². The average Bonchev–Trinajstić information content (AvgIpc) is 3.29. The van der Waals surface area contributed by atoms with Crippen molar-refractivity contribution in [2.75, 3.05) is 18.1 Å². The number of hydrogen-bond acceptors (Lipinski definition) is 6. The Balaban J connectivity index is 1.52. The topological polar surface area (TPSA) is 77.7 Å². The van der Waals surface area contributed by atoms with Gasteiger partial charge < -0.3 is 14.0 Å². The number of hydrogen-bond donors (Lipinski definition) is 0. The maximum absolute atomic E-state index is 14.5. The van der Waals surface area contributed by atoms with Crippen LogP contribution in [0.1, 0.15) is 0 Å². The summed E-state index contributed by atoms with van der Waals surface area (Å²) in [5, 5.41) is 3.58. The summed E-state index contributed by atoms with van der Waals surface area (Å²) in [6.45, 7) is 0.120. The van der Waals surface area contributed by atoms with E-state index in [4.69, 9.17) is 9.47 Å². The first kappa shape index (κ1) is 17.0. The highest BCUT2D eigenvalue weighted by Gasteiger charge is 2.34. The smallest absolute Gasteiger partial charge is 0.414 e. The lowest BCUT2D eigenvalue weighted by Crippen LogP contribution is -2.26. The SMILES string of the molecule is O=C1OC(COc2ccon2)CN1c1cc(F)c(-c2cccnc2)c(F)c1. The lowest BCUT2D eigenvalue weighted by atomic mass is 10.1. The zero-order valence-corrected chi connectivity index (χ0v) is 13.8. The van der Waals surface area contributed by atoms with Gasteiger partial charge >= 0.3 is 6.09 Å². The largest absolute Gasteiger partial charge is 0.471 e. The summed E-state index contributed by atoms with van der Waals surface area (Å²) >= 11 is 0. The van der Waals surface area contributed by atoms with Crippen molar-refractivity contribution in [3.05, 3.63) is 60.6 Å². The van der Waals surface area contributed by atoms with Crippen LogP contribution in [0.4, 0.5) is 19.3 Å². The van der Waals surface area contributed by atoms with Gasteiger partial charge in [-0.3, -0.25) is 9.88 Å². The average molecular weight is 373 g/mol. The number of benzene rings is 1. The first-order chi connectivity index (χ1) is 13.1. The highest BCUT2D eigenvalue weighted by Crippen LogP contribution is 2.31. The first-order valence-corrected chi connectivity index (χ1v) is 8.02. The van der Waals surface area contributed by atoms with Gasteiger partial charge in [-0.15, -0.1) is 0 Å². The molecule has 3 heterocycles. The number of halogens is 2. The molecule has 1 amide bonds. The molecule has 7 nitrogen and oxygen atoms in total. The van der Waals surface area contributed by atoms with Gasteiger partial charge in [0.1, 0.15) is 24.5 Å². The number of aromatic nitrogens is 2. The van der Waals surface area contributed by atoms with Crippen LogP contribution >= 0.6 is 0 Å². The van der Waals surface area contributed by atoms with Gasteiger partial charge in [-0.1, -0.05) is 6.07 Å². The fraction of sp³-hybridized carbons (Fsp3) is 0.167. The van der Waals surface area contributed by atoms with Crippen LogP contribution in [0.3, 0.4) is 0 Å². The van der Waals surface area contributed by atoms with Crippen molar-refractivity contribution >= 4 is 11.8 Å². The zero-order chi connectivity index (χ0) is 18.8. The normalized spacial score (nSPS) is 16.4. The molecule has 0 N–H and O–H groups in total. The van der Waals surface area contributed by atoms with E-state index in [0.29, 0.717) is 5.56 Å². The molecule has 9 heteroatoms. The number of anilines is 1. The molecule has 0 spiro atoms. The summed E-state index contributed by atoms with van der Waals surface area (Å²) in [5.74, 6) is -1.34. The molecule has 1 saturated heterocycles. The minimum absolute atomic E-state index is 0.0352. The van der Waals surface area contributed by atoms with Gasteiger partial charge in [-0.2, -0.15) is 0 Å². The number of amides is 1. The molecule has 1 fully saturated rings. The summed E-state index contributed by atoms with van der Waals surface area (Å²) in [6, 6.07) is 6.83. The predicted molar refractivity (Wildman–Crippen MR) is 89.2 cm³/mol. The van der Waals surface area contributed by atoms with Crippen LogP contribution in [-0.2, 0) is 4.74 Å². The standard InChI is InChI=1S/C18H13F2N3O4/c19-14-6-12(7-15(20)17(14)11-2-1-4-21-8-11)23-9-13(27-18(23)24)10-25-16-3-5-26-22-16/h1-8,13H,9-10H2. The van der Waals surface area contributed by atoms with Crippen molar-refractivity contribution in [3.63, 3.8) is 0 Å². The Bertz CT molecular complexity index is 928. The van der Waals surface area contributed by atoms with Crippen LogP contribution in [0.5, 0.6) is 5.88 Å². The van der Waals surface area contributed by atoms with Crippen molar-refractivity contribution in [2.45, 2.75) is 6.10 Å². The molecule has 1 aliphatic heterocycles. The Morgan fingerprint density at radius 3 is 2.74 bits per heavy atom. The molecule has 4 rings (SSSR count). The van der Waals surface area contributed by atoms with Crippen molar-refractivity contribution < 1.29 is 27.6 Å². The van der Waals surface area contributed by atoms with E-state index in [2.05, 4.69) is 14.7 Å². The van der Waals surface area contributed by atoms with Gasteiger partial charge in [-0.05, 0) is 23.4 Å². The molecule has 1 unspecified atom stereocenters. The van der Waals surface area contributed by atoms with Crippen molar-refractivity contribution in [1.82, 2.24) is 10.1 Å². The second-order valence-electron chi connectivity index (χ2n) is 5.79. The lowest BCUT2D eigenvalue weighted by Gasteiger charge is -2.15. The number of rotatable bonds is 5.